The number of nitrogens with two attached hydrogens (primary N) is 1. The molecule has 0 saturated carbocycles. The molecule has 0 aliphatic carbocycles. The van der Waals surface area contributed by atoms with Gasteiger partial charge in [0.2, 0.25) is 18.1 Å². The van der Waals surface area contributed by atoms with Crippen molar-refractivity contribution in [3.8, 4) is 5.88 Å². The Morgan fingerprint density at radius 2 is 1.29 bits per heavy atom. The molecule has 1 saturated heterocycles. The number of aromatic nitrogens is 4. The van der Waals surface area contributed by atoms with Crippen LogP contribution in [0.15, 0.2) is 140 Å². The van der Waals surface area contributed by atoms with E-state index >= 15 is 4.57 Å². The Kier molecular flexibility index (Phi) is 13.6. The van der Waals surface area contributed by atoms with Crippen molar-refractivity contribution in [1.29, 1.82) is 0 Å². The second kappa shape index (κ2) is 19.4. The molecule has 1 fully saturated rings. The zero-order valence-corrected chi connectivity index (χ0v) is 34.7. The fraction of sp³-hybridized carbons (Fsp3) is 0.250. The van der Waals surface area contributed by atoms with Crippen molar-refractivity contribution in [3.63, 3.8) is 0 Å². The molecule has 1 aliphatic heterocycles. The van der Waals surface area contributed by atoms with E-state index in [0.29, 0.717) is 11.1 Å². The molecule has 6 aromatic rings. The van der Waals surface area contributed by atoms with E-state index < -0.39 is 49.6 Å². The molecule has 0 bridgehead atoms. The van der Waals surface area contributed by atoms with E-state index in [2.05, 4.69) is 25.1 Å². The summed E-state index contributed by atoms with van der Waals surface area (Å²) in [5, 5.41) is 28.8. The Labute approximate surface area is 357 Å². The number of nitrogens with one attached hydrogen (secondary N) is 2. The summed E-state index contributed by atoms with van der Waals surface area (Å²) in [7, 11) is -3.30. The van der Waals surface area contributed by atoms with Crippen LogP contribution in [0.3, 0.4) is 0 Å². The van der Waals surface area contributed by atoms with Gasteiger partial charge in [-0.1, -0.05) is 121 Å². The molecular weight excluding hydrogens is 817 g/mol. The number of esters is 2. The third-order valence-corrected chi connectivity index (χ3v) is 11.7. The lowest BCUT2D eigenvalue weighted by atomic mass is 9.99. The van der Waals surface area contributed by atoms with Gasteiger partial charge in [-0.25, -0.2) is 19.7 Å². The fourth-order valence-corrected chi connectivity index (χ4v) is 8.41. The molecular formula is C44H46N7O10P. The number of fused-ring (bicyclic) bond motifs is 1. The highest BCUT2D eigenvalue weighted by Crippen LogP contribution is 2.45. The maximum Gasteiger partial charge on any atom is 0.391 e. The molecule has 0 unspecified atom stereocenters. The summed E-state index contributed by atoms with van der Waals surface area (Å²) >= 11 is 0. The largest absolute Gasteiger partial charge is 0.479 e. The molecule has 6 N–H and O–H groups in total. The lowest BCUT2D eigenvalue weighted by Crippen LogP contribution is -2.46. The number of imidazole rings is 1. The van der Waals surface area contributed by atoms with Crippen LogP contribution in [0.4, 0.5) is 5.95 Å². The second-order valence-corrected chi connectivity index (χ2v) is 16.5. The normalized spacial score (nSPS) is 19.1. The minimum Gasteiger partial charge on any atom is -0.479 e. The highest BCUT2D eigenvalue weighted by Gasteiger charge is 2.53. The van der Waals surface area contributed by atoms with Crippen molar-refractivity contribution in [2.45, 2.75) is 63.0 Å². The molecule has 4 aromatic carbocycles. The van der Waals surface area contributed by atoms with Crippen LogP contribution in [0.1, 0.15) is 35.4 Å². The standard InChI is InChI=1S/C44H46N7O10P/c1-44(55)37(52)35(61-42(44)51-28-46-36-38(51)47-43(45)48-39(36)57-2)27-60-62(56,49-33(23-29-15-7-3-8-16-29)40(53)58-25-31-19-11-5-12-20-31)50-34(24-30-17-9-4-10-18-30)41(54)59-26-32-21-13-6-14-22-32/h3-22,27-28,33-34,37,42,52,55H,23-26H2,1-2H3,(H2,45,47,48)(H2,49,50,56)/b35-27+/t33-,34-,37+,42+,44+/m0/s1. The molecule has 62 heavy (non-hydrogen) atoms. The van der Waals surface area contributed by atoms with Crippen molar-refractivity contribution in [1.82, 2.24) is 29.7 Å². The minimum absolute atomic E-state index is 0.0140. The monoisotopic (exact) mass is 863 g/mol. The van der Waals surface area contributed by atoms with Crippen molar-refractivity contribution >= 4 is 36.7 Å². The summed E-state index contributed by atoms with van der Waals surface area (Å²) in [4.78, 5) is 40.5. The van der Waals surface area contributed by atoms with E-state index in [0.717, 1.165) is 17.4 Å². The molecule has 2 aromatic heterocycles. The Balaban J connectivity index is 1.24. The molecule has 17 nitrogen and oxygen atoms in total. The van der Waals surface area contributed by atoms with Crippen LogP contribution in [-0.2, 0) is 58.9 Å². The number of carbonyl (C=O) groups is 2. The van der Waals surface area contributed by atoms with Crippen LogP contribution < -0.4 is 20.6 Å². The summed E-state index contributed by atoms with van der Waals surface area (Å²) in [6.07, 6.45) is -1.03. The number of benzene rings is 4. The fourth-order valence-electron chi connectivity index (χ4n) is 6.74. The molecule has 18 heteroatoms. The van der Waals surface area contributed by atoms with Gasteiger partial charge in [-0.3, -0.25) is 14.2 Å². The molecule has 0 amide bonds. The minimum atomic E-state index is -4.69. The predicted molar refractivity (Wildman–Crippen MR) is 226 cm³/mol. The Morgan fingerprint density at radius 3 is 1.76 bits per heavy atom. The van der Waals surface area contributed by atoms with E-state index in [4.69, 9.17) is 29.2 Å². The predicted octanol–water partition coefficient (Wildman–Crippen LogP) is 4.91. The van der Waals surface area contributed by atoms with Gasteiger partial charge in [0.1, 0.15) is 44.0 Å². The molecule has 0 radical (unpaired) electrons. The topological polar surface area (TPSA) is 231 Å². The van der Waals surface area contributed by atoms with Crippen LogP contribution in [-0.4, -0.2) is 72.6 Å². The number of anilines is 1. The van der Waals surface area contributed by atoms with Crippen molar-refractivity contribution in [2.75, 3.05) is 12.8 Å². The van der Waals surface area contributed by atoms with Gasteiger partial charge in [-0.15, -0.1) is 0 Å². The van der Waals surface area contributed by atoms with Crippen LogP contribution in [0, 0.1) is 0 Å². The van der Waals surface area contributed by atoms with Gasteiger partial charge < -0.3 is 39.4 Å². The number of hydrogen-bond donors (Lipinski definition) is 5. The van der Waals surface area contributed by atoms with Crippen LogP contribution in [0.2, 0.25) is 0 Å². The molecule has 0 spiro atoms. The zero-order chi connectivity index (χ0) is 43.7. The number of carbonyl (C=O) groups excluding carboxylic acids is 2. The van der Waals surface area contributed by atoms with E-state index in [1.54, 1.807) is 72.8 Å². The highest BCUT2D eigenvalue weighted by molar-refractivity contribution is 7.54. The summed E-state index contributed by atoms with van der Waals surface area (Å²) in [5.74, 6) is -1.98. The molecule has 3 heterocycles. The van der Waals surface area contributed by atoms with Crippen molar-refractivity contribution in [2.24, 2.45) is 0 Å². The third kappa shape index (κ3) is 10.5. The van der Waals surface area contributed by atoms with Gasteiger partial charge in [-0.05, 0) is 42.0 Å². The number of aliphatic hydroxyl groups is 2. The van der Waals surface area contributed by atoms with Gasteiger partial charge in [0.25, 0.3) is 0 Å². The number of nitrogen functional groups attached to an aromatic ring is 1. The first-order valence-corrected chi connectivity index (χ1v) is 21.2. The Bertz CT molecular complexity index is 2420. The van der Waals surface area contributed by atoms with Crippen molar-refractivity contribution < 1.29 is 47.8 Å². The van der Waals surface area contributed by atoms with E-state index in [9.17, 15) is 19.8 Å². The second-order valence-electron chi connectivity index (χ2n) is 14.6. The third-order valence-electron chi connectivity index (χ3n) is 9.97. The van der Waals surface area contributed by atoms with E-state index in [-0.39, 0.29) is 54.8 Å². The van der Waals surface area contributed by atoms with Gasteiger partial charge in [0, 0.05) is 0 Å². The molecule has 1 aliphatic rings. The highest BCUT2D eigenvalue weighted by atomic mass is 31.2. The van der Waals surface area contributed by atoms with Gasteiger partial charge in [0.15, 0.2) is 22.5 Å². The lowest BCUT2D eigenvalue weighted by Gasteiger charge is -2.28. The smallest absolute Gasteiger partial charge is 0.391 e. The molecule has 7 rings (SSSR count). The van der Waals surface area contributed by atoms with Gasteiger partial charge in [-0.2, -0.15) is 9.97 Å². The summed E-state index contributed by atoms with van der Waals surface area (Å²) < 4.78 is 45.6. The number of methoxy groups -OCH3 is 1. The first-order valence-electron chi connectivity index (χ1n) is 19.6. The van der Waals surface area contributed by atoms with Crippen LogP contribution in [0.25, 0.3) is 11.2 Å². The van der Waals surface area contributed by atoms with Gasteiger partial charge >= 0.3 is 19.6 Å². The van der Waals surface area contributed by atoms with Crippen LogP contribution >= 0.6 is 7.67 Å². The number of hydrogen-bond acceptors (Lipinski definition) is 14. The summed E-state index contributed by atoms with van der Waals surface area (Å²) in [6.45, 7) is 1.14. The zero-order valence-electron chi connectivity index (χ0n) is 33.8. The van der Waals surface area contributed by atoms with E-state index in [1.807, 2.05) is 48.5 Å². The number of rotatable bonds is 18. The Morgan fingerprint density at radius 1 is 0.823 bits per heavy atom. The van der Waals surface area contributed by atoms with Crippen LogP contribution in [0.5, 0.6) is 5.88 Å². The summed E-state index contributed by atoms with van der Waals surface area (Å²) in [5.41, 5.74) is 7.01. The van der Waals surface area contributed by atoms with Crippen molar-refractivity contribution in [3.05, 3.63) is 162 Å². The molecule has 322 valence electrons. The SMILES string of the molecule is COc1nc(N)nc2c1ncn2[C@@H]1O/C(=C/OP(=O)(N[C@@H](Cc2ccccc2)C(=O)OCc2ccccc2)N[C@@H](Cc2ccccc2)C(=O)OCc2ccccc2)[C@@H](O)[C@@]1(C)O. The number of ether oxygens (including phenoxy) is 4. The number of nitrogens with zero attached hydrogens (tertiary/aromatic N) is 4. The maximum absolute atomic E-state index is 15.4. The first-order chi connectivity index (χ1) is 29.9. The summed E-state index contributed by atoms with van der Waals surface area (Å²) in [6, 6.07) is 33.4. The van der Waals surface area contributed by atoms with Gasteiger partial charge in [0.05, 0.1) is 7.11 Å². The lowest BCUT2D eigenvalue weighted by molar-refractivity contribution is -0.147. The Hall–Kier alpha value is -6.62. The maximum atomic E-state index is 15.4. The average Bonchev–Trinajstić information content (AvgIpc) is 3.80. The molecule has 5 atom stereocenters. The average molecular weight is 864 g/mol. The van der Waals surface area contributed by atoms with E-state index in [1.165, 1.54) is 24.9 Å². The first kappa shape index (κ1) is 43.5. The number of aliphatic hydroxyl groups excluding tert-OH is 1. The quantitative estimate of drug-likeness (QED) is 0.0439.